The van der Waals surface area contributed by atoms with Crippen LogP contribution in [-0.2, 0) is 32.9 Å². The van der Waals surface area contributed by atoms with Gasteiger partial charge < -0.3 is 15.5 Å². The smallest absolute Gasteiger partial charge is 0.250 e. The number of carbonyl (C=O) groups is 3. The minimum atomic E-state index is -1.44. The Balaban J connectivity index is 1.43. The van der Waals surface area contributed by atoms with Crippen molar-refractivity contribution in [3.8, 4) is 11.5 Å². The van der Waals surface area contributed by atoms with Crippen LogP contribution in [0.2, 0.25) is 0 Å². The number of fused-ring (bicyclic) bond motifs is 4. The number of rotatable bonds is 4. The third kappa shape index (κ3) is 3.12. The normalized spacial score (nSPS) is 26.4. The fourth-order valence-electron chi connectivity index (χ4n) is 5.87. The number of nitrogens with one attached hydrogen (secondary N) is 2. The number of hydrogen-bond acceptors (Lipinski definition) is 6. The predicted molar refractivity (Wildman–Crippen MR) is 126 cm³/mol. The highest BCUT2D eigenvalue weighted by Crippen LogP contribution is 2.53. The number of imide groups is 1. The summed E-state index contributed by atoms with van der Waals surface area (Å²) in [5.41, 5.74) is 0.966. The molecular formula is C27H22FN3O5. The van der Waals surface area contributed by atoms with Gasteiger partial charge in [-0.1, -0.05) is 36.4 Å². The Morgan fingerprint density at radius 1 is 0.889 bits per heavy atom. The molecule has 3 aromatic rings. The van der Waals surface area contributed by atoms with Crippen molar-refractivity contribution >= 4 is 23.4 Å². The average Bonchev–Trinajstić information content (AvgIpc) is 3.43. The number of anilines is 1. The van der Waals surface area contributed by atoms with Crippen molar-refractivity contribution in [3.63, 3.8) is 0 Å². The molecule has 1 spiro atoms. The van der Waals surface area contributed by atoms with Gasteiger partial charge in [-0.3, -0.25) is 24.6 Å². The molecule has 0 radical (unpaired) electrons. The van der Waals surface area contributed by atoms with Gasteiger partial charge in [0, 0.05) is 17.3 Å². The second-order valence-electron chi connectivity index (χ2n) is 9.48. The summed E-state index contributed by atoms with van der Waals surface area (Å²) in [4.78, 5) is 42.2. The van der Waals surface area contributed by atoms with E-state index >= 15 is 0 Å². The number of halogens is 1. The largest absolute Gasteiger partial charge is 0.504 e. The third-order valence-electron chi connectivity index (χ3n) is 7.46. The lowest BCUT2D eigenvalue weighted by Crippen LogP contribution is -2.53. The molecule has 0 bridgehead atoms. The lowest BCUT2D eigenvalue weighted by Gasteiger charge is -2.29. The molecule has 9 heteroatoms. The Hall–Kier alpha value is -4.24. The van der Waals surface area contributed by atoms with Gasteiger partial charge >= 0.3 is 0 Å². The predicted octanol–water partition coefficient (Wildman–Crippen LogP) is 2.40. The number of amides is 3. The molecule has 0 aliphatic carbocycles. The van der Waals surface area contributed by atoms with Crippen molar-refractivity contribution < 1.29 is 29.0 Å². The van der Waals surface area contributed by atoms with Crippen LogP contribution in [0.15, 0.2) is 66.7 Å². The van der Waals surface area contributed by atoms with Gasteiger partial charge in [-0.05, 0) is 47.9 Å². The van der Waals surface area contributed by atoms with Gasteiger partial charge in [-0.25, -0.2) is 4.39 Å². The van der Waals surface area contributed by atoms with Crippen LogP contribution in [0.1, 0.15) is 16.7 Å². The second-order valence-corrected chi connectivity index (χ2v) is 9.48. The molecule has 182 valence electrons. The van der Waals surface area contributed by atoms with Crippen molar-refractivity contribution in [1.82, 2.24) is 10.2 Å². The number of aromatic hydroxyl groups is 2. The van der Waals surface area contributed by atoms with E-state index in [0.29, 0.717) is 22.4 Å². The Morgan fingerprint density at radius 2 is 1.61 bits per heavy atom. The SMILES string of the molecule is O=C1[C@H]2[C@@H](C(=O)N1Cc1ccc(F)cc1)[C@]1(N[C@@H]2Cc2ccc(O)c(O)c2)C(=O)Nc2ccccc21. The molecule has 2 fully saturated rings. The Labute approximate surface area is 205 Å². The van der Waals surface area contributed by atoms with Crippen LogP contribution >= 0.6 is 0 Å². The molecule has 8 nitrogen and oxygen atoms in total. The molecule has 36 heavy (non-hydrogen) atoms. The zero-order chi connectivity index (χ0) is 25.2. The van der Waals surface area contributed by atoms with E-state index in [0.717, 1.165) is 4.90 Å². The minimum Gasteiger partial charge on any atom is -0.504 e. The summed E-state index contributed by atoms with van der Waals surface area (Å²) >= 11 is 0. The first-order valence-electron chi connectivity index (χ1n) is 11.6. The molecule has 4 N–H and O–H groups in total. The fraction of sp³-hybridized carbons (Fsp3) is 0.222. The number of phenols is 2. The molecular weight excluding hydrogens is 465 g/mol. The van der Waals surface area contributed by atoms with Crippen LogP contribution in [0.3, 0.4) is 0 Å². The highest BCUT2D eigenvalue weighted by molar-refractivity contribution is 6.15. The van der Waals surface area contributed by atoms with Gasteiger partial charge in [0.15, 0.2) is 11.5 Å². The molecule has 0 aromatic heterocycles. The van der Waals surface area contributed by atoms with Gasteiger partial charge in [0.05, 0.1) is 18.4 Å². The van der Waals surface area contributed by atoms with Gasteiger partial charge in [-0.15, -0.1) is 0 Å². The summed E-state index contributed by atoms with van der Waals surface area (Å²) < 4.78 is 13.4. The summed E-state index contributed by atoms with van der Waals surface area (Å²) in [6.45, 7) is -0.0307. The standard InChI is InChI=1S/C27H22FN3O5/c28-16-8-5-14(6-9-16)13-31-24(34)22-19(11-15-7-10-20(32)21(33)12-15)30-27(23(22)25(31)35)17-3-1-2-4-18(17)29-26(27)36/h1-10,12,19,22-23,30,32-33H,11,13H2,(H,29,36)/t19-,22-,23+,27+/m1/s1. The van der Waals surface area contributed by atoms with E-state index in [-0.39, 0.29) is 24.5 Å². The quantitative estimate of drug-likeness (QED) is 0.332. The average molecular weight is 487 g/mol. The number of benzene rings is 3. The second kappa shape index (κ2) is 7.89. The molecule has 4 atom stereocenters. The van der Waals surface area contributed by atoms with Crippen molar-refractivity contribution in [2.45, 2.75) is 24.5 Å². The summed E-state index contributed by atoms with van der Waals surface area (Å²) in [6.07, 6.45) is 0.232. The third-order valence-corrected chi connectivity index (χ3v) is 7.46. The molecule has 3 amide bonds. The number of hydrogen-bond donors (Lipinski definition) is 4. The first kappa shape index (κ1) is 22.2. The van der Waals surface area contributed by atoms with Crippen molar-refractivity contribution in [1.29, 1.82) is 0 Å². The maximum Gasteiger partial charge on any atom is 0.250 e. The van der Waals surface area contributed by atoms with E-state index in [2.05, 4.69) is 10.6 Å². The number of likely N-dealkylation sites (tertiary alicyclic amines) is 1. The molecule has 0 unspecified atom stereocenters. The molecule has 3 aromatic carbocycles. The van der Waals surface area contributed by atoms with Crippen LogP contribution in [0.4, 0.5) is 10.1 Å². The van der Waals surface area contributed by atoms with Crippen molar-refractivity contribution in [2.75, 3.05) is 5.32 Å². The zero-order valence-electron chi connectivity index (χ0n) is 18.9. The molecule has 6 rings (SSSR count). The van der Waals surface area contributed by atoms with E-state index in [1.165, 1.54) is 36.4 Å². The fourth-order valence-corrected chi connectivity index (χ4v) is 5.87. The molecule has 3 heterocycles. The Kier molecular flexibility index (Phi) is 4.87. The minimum absolute atomic E-state index is 0.0307. The van der Waals surface area contributed by atoms with E-state index in [1.807, 2.05) is 0 Å². The van der Waals surface area contributed by atoms with E-state index in [9.17, 15) is 29.0 Å². The highest BCUT2D eigenvalue weighted by atomic mass is 19.1. The summed E-state index contributed by atoms with van der Waals surface area (Å²) in [7, 11) is 0. The molecule has 2 saturated heterocycles. The zero-order valence-corrected chi connectivity index (χ0v) is 18.9. The molecule has 3 aliphatic rings. The van der Waals surface area contributed by atoms with Crippen LogP contribution < -0.4 is 10.6 Å². The lowest BCUT2D eigenvalue weighted by molar-refractivity contribution is -0.143. The van der Waals surface area contributed by atoms with Gasteiger partial charge in [0.2, 0.25) is 17.7 Å². The van der Waals surface area contributed by atoms with Crippen LogP contribution in [0.5, 0.6) is 11.5 Å². The number of para-hydroxylation sites is 1. The van der Waals surface area contributed by atoms with Gasteiger partial charge in [0.1, 0.15) is 11.4 Å². The van der Waals surface area contributed by atoms with Crippen molar-refractivity contribution in [2.24, 2.45) is 11.8 Å². The van der Waals surface area contributed by atoms with Crippen LogP contribution in [-0.4, -0.2) is 38.9 Å². The van der Waals surface area contributed by atoms with Gasteiger partial charge in [0.25, 0.3) is 0 Å². The Morgan fingerprint density at radius 3 is 2.36 bits per heavy atom. The monoisotopic (exact) mass is 487 g/mol. The maximum atomic E-state index is 13.8. The summed E-state index contributed by atoms with van der Waals surface area (Å²) in [6, 6.07) is 16.4. The first-order valence-corrected chi connectivity index (χ1v) is 11.6. The molecule has 3 aliphatic heterocycles. The maximum absolute atomic E-state index is 13.8. The van der Waals surface area contributed by atoms with E-state index in [4.69, 9.17) is 0 Å². The first-order chi connectivity index (χ1) is 17.3. The highest BCUT2D eigenvalue weighted by Gasteiger charge is 2.70. The van der Waals surface area contributed by atoms with Crippen molar-refractivity contribution in [3.05, 3.63) is 89.2 Å². The van der Waals surface area contributed by atoms with E-state index in [1.54, 1.807) is 30.3 Å². The van der Waals surface area contributed by atoms with Crippen LogP contribution in [0, 0.1) is 17.7 Å². The van der Waals surface area contributed by atoms with Crippen LogP contribution in [0.25, 0.3) is 0 Å². The number of carbonyl (C=O) groups excluding carboxylic acids is 3. The van der Waals surface area contributed by atoms with Gasteiger partial charge in [-0.2, -0.15) is 0 Å². The lowest BCUT2D eigenvalue weighted by atomic mass is 9.76. The number of phenolic OH excluding ortho intramolecular Hbond substituents is 2. The van der Waals surface area contributed by atoms with E-state index < -0.39 is 47.0 Å². The topological polar surface area (TPSA) is 119 Å². The Bertz CT molecular complexity index is 1430. The number of nitrogens with zero attached hydrogens (tertiary/aromatic N) is 1. The summed E-state index contributed by atoms with van der Waals surface area (Å²) in [5.74, 6) is -4.10. The molecule has 0 saturated carbocycles. The summed E-state index contributed by atoms with van der Waals surface area (Å²) in [5, 5.41) is 25.8.